The van der Waals surface area contributed by atoms with E-state index in [1.807, 2.05) is 6.07 Å². The van der Waals surface area contributed by atoms with Crippen LogP contribution in [0.15, 0.2) is 18.2 Å². The molecule has 0 amide bonds. The second-order valence-corrected chi connectivity index (χ2v) is 10.8. The molecule has 0 saturated carbocycles. The number of benzene rings is 1. The van der Waals surface area contributed by atoms with E-state index in [1.54, 1.807) is 14.2 Å². The summed E-state index contributed by atoms with van der Waals surface area (Å²) < 4.78 is 10.9. The van der Waals surface area contributed by atoms with Crippen molar-refractivity contribution in [3.8, 4) is 11.5 Å². The number of ether oxygens (including phenoxy) is 2. The van der Waals surface area contributed by atoms with Crippen LogP contribution in [0.3, 0.4) is 0 Å². The van der Waals surface area contributed by atoms with Crippen molar-refractivity contribution in [3.05, 3.63) is 40.8 Å². The average molecular weight is 589 g/mol. The molecule has 2 aromatic rings. The van der Waals surface area contributed by atoms with E-state index in [0.717, 1.165) is 56.5 Å². The fourth-order valence-corrected chi connectivity index (χ4v) is 5.00. The standard InChI is InChI=1S/C23H32N4O2.C6H8O7/c1-16(2)22-24-21-15-26(14-17-11-18(28-3)13-19(12-17)29-4)10-7-20(21)23(25-22)27-8-5-6-9-27;7-3(8)1-6(13,5(11)12)2-4(9)10/h11-13,16H,5-10,14-15H2,1-4H3;13H,1-2H2,(H,7,8)(H,9,10)(H,11,12). The zero-order chi connectivity index (χ0) is 31.0. The van der Waals surface area contributed by atoms with Crippen molar-refractivity contribution in [3.63, 3.8) is 0 Å². The minimum Gasteiger partial charge on any atom is -0.497 e. The molecule has 1 saturated heterocycles. The number of carbonyl (C=O) groups is 3. The van der Waals surface area contributed by atoms with Gasteiger partial charge in [-0.05, 0) is 37.0 Å². The summed E-state index contributed by atoms with van der Waals surface area (Å²) in [5.41, 5.74) is 1.02. The van der Waals surface area contributed by atoms with Gasteiger partial charge in [-0.2, -0.15) is 0 Å². The highest BCUT2D eigenvalue weighted by molar-refractivity contribution is 5.88. The first-order chi connectivity index (χ1) is 19.8. The quantitative estimate of drug-likeness (QED) is 0.301. The zero-order valence-electron chi connectivity index (χ0n) is 24.5. The molecule has 4 N–H and O–H groups in total. The summed E-state index contributed by atoms with van der Waals surface area (Å²) in [6.07, 6.45) is 1.24. The molecule has 0 aliphatic carbocycles. The van der Waals surface area contributed by atoms with Crippen molar-refractivity contribution in [2.45, 2.75) is 70.6 Å². The molecular weight excluding hydrogens is 548 g/mol. The van der Waals surface area contributed by atoms with Crippen LogP contribution in [0.5, 0.6) is 11.5 Å². The van der Waals surface area contributed by atoms with Gasteiger partial charge in [-0.15, -0.1) is 0 Å². The highest BCUT2D eigenvalue weighted by Gasteiger charge is 2.40. The number of aliphatic hydroxyl groups is 1. The summed E-state index contributed by atoms with van der Waals surface area (Å²) >= 11 is 0. The average Bonchev–Trinajstić information content (AvgIpc) is 3.46. The predicted molar refractivity (Wildman–Crippen MR) is 152 cm³/mol. The van der Waals surface area contributed by atoms with Crippen LogP contribution in [0.25, 0.3) is 0 Å². The van der Waals surface area contributed by atoms with Crippen molar-refractivity contribution in [1.29, 1.82) is 0 Å². The summed E-state index contributed by atoms with van der Waals surface area (Å²) in [6, 6.07) is 6.10. The third-order valence-electron chi connectivity index (χ3n) is 7.16. The molecular formula is C29H40N4O9. The van der Waals surface area contributed by atoms with E-state index in [0.29, 0.717) is 5.92 Å². The number of aliphatic carboxylic acids is 3. The van der Waals surface area contributed by atoms with Crippen molar-refractivity contribution < 1.29 is 44.3 Å². The summed E-state index contributed by atoms with van der Waals surface area (Å²) in [6.45, 7) is 9.32. The molecule has 13 nitrogen and oxygen atoms in total. The minimum atomic E-state index is -2.74. The van der Waals surface area contributed by atoms with E-state index >= 15 is 0 Å². The molecule has 42 heavy (non-hydrogen) atoms. The van der Waals surface area contributed by atoms with E-state index in [-0.39, 0.29) is 0 Å². The maximum atomic E-state index is 10.3. The van der Waals surface area contributed by atoms with Gasteiger partial charge in [-0.25, -0.2) is 14.8 Å². The van der Waals surface area contributed by atoms with E-state index in [9.17, 15) is 14.4 Å². The van der Waals surface area contributed by atoms with E-state index in [1.165, 1.54) is 35.5 Å². The normalized spacial score (nSPS) is 15.0. The number of rotatable bonds is 11. The SMILES string of the molecule is COc1cc(CN2CCc3c(nc(C(C)C)nc3N3CCCC3)C2)cc(OC)c1.O=C(O)CC(O)(CC(=O)O)C(=O)O. The minimum absolute atomic E-state index is 0.333. The maximum absolute atomic E-state index is 10.3. The summed E-state index contributed by atoms with van der Waals surface area (Å²) in [7, 11) is 3.39. The van der Waals surface area contributed by atoms with Gasteiger partial charge in [0.15, 0.2) is 5.60 Å². The third-order valence-corrected chi connectivity index (χ3v) is 7.16. The van der Waals surface area contributed by atoms with Crippen LogP contribution in [-0.4, -0.2) is 92.7 Å². The van der Waals surface area contributed by atoms with Crippen molar-refractivity contribution >= 4 is 23.7 Å². The fourth-order valence-electron chi connectivity index (χ4n) is 5.00. The zero-order valence-corrected chi connectivity index (χ0v) is 24.5. The van der Waals surface area contributed by atoms with Crippen molar-refractivity contribution in [1.82, 2.24) is 14.9 Å². The molecule has 2 aliphatic rings. The lowest BCUT2D eigenvalue weighted by Gasteiger charge is -2.31. The van der Waals surface area contributed by atoms with Crippen LogP contribution in [0.1, 0.15) is 68.1 Å². The van der Waals surface area contributed by atoms with Gasteiger partial charge in [-0.3, -0.25) is 14.5 Å². The van der Waals surface area contributed by atoms with E-state index < -0.39 is 36.4 Å². The molecule has 1 fully saturated rings. The number of methoxy groups -OCH3 is 2. The Morgan fingerprint density at radius 2 is 1.50 bits per heavy atom. The molecule has 0 atom stereocenters. The van der Waals surface area contributed by atoms with E-state index in [2.05, 4.69) is 35.8 Å². The molecule has 1 aromatic carbocycles. The third kappa shape index (κ3) is 8.52. The number of carboxylic acids is 3. The lowest BCUT2D eigenvalue weighted by molar-refractivity contribution is -0.170. The second-order valence-electron chi connectivity index (χ2n) is 10.8. The molecule has 0 unspecified atom stereocenters. The Hall–Kier alpha value is -3.97. The molecule has 2 aliphatic heterocycles. The Labute approximate surface area is 244 Å². The van der Waals surface area contributed by atoms with Gasteiger partial charge in [0.05, 0.1) is 32.8 Å². The Morgan fingerprint density at radius 1 is 0.929 bits per heavy atom. The fraction of sp³-hybridized carbons (Fsp3) is 0.552. The van der Waals surface area contributed by atoms with Gasteiger partial charge < -0.3 is 34.8 Å². The van der Waals surface area contributed by atoms with Crippen LogP contribution in [0.2, 0.25) is 0 Å². The molecule has 0 radical (unpaired) electrons. The molecule has 0 bridgehead atoms. The highest BCUT2D eigenvalue weighted by atomic mass is 16.5. The number of hydrogen-bond acceptors (Lipinski definition) is 10. The Balaban J connectivity index is 0.000000316. The first kappa shape index (κ1) is 32.5. The molecule has 4 rings (SSSR count). The van der Waals surface area contributed by atoms with Gasteiger partial charge in [0.25, 0.3) is 0 Å². The Morgan fingerprint density at radius 3 is 1.98 bits per heavy atom. The number of hydrogen-bond donors (Lipinski definition) is 4. The van der Waals surface area contributed by atoms with Crippen LogP contribution in [-0.2, 0) is 33.9 Å². The van der Waals surface area contributed by atoms with Crippen LogP contribution < -0.4 is 14.4 Å². The first-order valence-electron chi connectivity index (χ1n) is 13.8. The topological polar surface area (TPSA) is 183 Å². The highest BCUT2D eigenvalue weighted by Crippen LogP contribution is 2.31. The summed E-state index contributed by atoms with van der Waals surface area (Å²) in [4.78, 5) is 45.4. The van der Waals surface area contributed by atoms with Crippen molar-refractivity contribution in [2.75, 3.05) is 38.8 Å². The molecule has 0 spiro atoms. The van der Waals surface area contributed by atoms with Gasteiger partial charge >= 0.3 is 17.9 Å². The van der Waals surface area contributed by atoms with Crippen molar-refractivity contribution in [2.24, 2.45) is 0 Å². The van der Waals surface area contributed by atoms with Crippen LogP contribution >= 0.6 is 0 Å². The molecule has 13 heteroatoms. The first-order valence-corrected chi connectivity index (χ1v) is 13.8. The number of fused-ring (bicyclic) bond motifs is 1. The number of carboxylic acid groups (broad SMARTS) is 3. The van der Waals surface area contributed by atoms with Gasteiger partial charge in [-0.1, -0.05) is 13.8 Å². The van der Waals surface area contributed by atoms with Gasteiger partial charge in [0.2, 0.25) is 0 Å². The smallest absolute Gasteiger partial charge is 0.336 e. The lowest BCUT2D eigenvalue weighted by atomic mass is 9.96. The summed E-state index contributed by atoms with van der Waals surface area (Å²) in [5, 5.41) is 33.8. The van der Waals surface area contributed by atoms with Gasteiger partial charge in [0.1, 0.15) is 23.1 Å². The molecule has 1 aromatic heterocycles. The largest absolute Gasteiger partial charge is 0.497 e. The Bertz CT molecular complexity index is 1240. The maximum Gasteiger partial charge on any atom is 0.336 e. The van der Waals surface area contributed by atoms with Crippen LogP contribution in [0, 0.1) is 0 Å². The van der Waals surface area contributed by atoms with E-state index in [4.69, 9.17) is 39.9 Å². The van der Waals surface area contributed by atoms with Gasteiger partial charge in [0, 0.05) is 50.3 Å². The predicted octanol–water partition coefficient (Wildman–Crippen LogP) is 2.53. The number of nitrogens with zero attached hydrogens (tertiary/aromatic N) is 4. The number of anilines is 1. The lowest BCUT2D eigenvalue weighted by Crippen LogP contribution is -2.42. The number of aromatic nitrogens is 2. The second kappa shape index (κ2) is 14.3. The summed E-state index contributed by atoms with van der Waals surface area (Å²) in [5.74, 6) is -0.862. The molecule has 230 valence electrons. The monoisotopic (exact) mass is 588 g/mol. The van der Waals surface area contributed by atoms with Crippen LogP contribution in [0.4, 0.5) is 5.82 Å². The Kier molecular flexibility index (Phi) is 11.1. The molecule has 3 heterocycles.